The Balaban J connectivity index is 1.56. The molecule has 0 radical (unpaired) electrons. The average Bonchev–Trinajstić information content (AvgIpc) is 3.25. The summed E-state index contributed by atoms with van der Waals surface area (Å²) in [5.41, 5.74) is 3.59. The number of hydrogen-bond donors (Lipinski definition) is 0. The van der Waals surface area contributed by atoms with Crippen molar-refractivity contribution in [2.45, 2.75) is 6.92 Å². The largest absolute Gasteiger partial charge is 0.438 e. The maximum Gasteiger partial charge on any atom is 0.336 e. The third kappa shape index (κ3) is 3.89. The van der Waals surface area contributed by atoms with Crippen molar-refractivity contribution < 1.29 is 13.5 Å². The first-order valence-corrected chi connectivity index (χ1v) is 11.4. The Hall–Kier alpha value is -4.49. The molecule has 3 aromatic heterocycles. The maximum absolute atomic E-state index is 14.1. The van der Waals surface area contributed by atoms with Gasteiger partial charge in [-0.05, 0) is 60.5 Å². The molecule has 0 spiro atoms. The molecule has 36 heavy (non-hydrogen) atoms. The third-order valence-corrected chi connectivity index (χ3v) is 6.18. The van der Waals surface area contributed by atoms with Gasteiger partial charge in [-0.25, -0.2) is 19.2 Å². The molecule has 8 heteroatoms. The Labute approximate surface area is 209 Å². The normalized spacial score (nSPS) is 11.3. The molecule has 0 amide bonds. The number of nitrogens with zero attached hydrogens (tertiary/aromatic N) is 3. The molecule has 3 aromatic carbocycles. The zero-order valence-corrected chi connectivity index (χ0v) is 19.7. The van der Waals surface area contributed by atoms with Crippen molar-refractivity contribution >= 4 is 33.6 Å². The molecule has 0 atom stereocenters. The van der Waals surface area contributed by atoms with Crippen molar-refractivity contribution in [1.82, 2.24) is 14.5 Å². The maximum atomic E-state index is 14.1. The van der Waals surface area contributed by atoms with Gasteiger partial charge in [-0.2, -0.15) is 0 Å². The van der Waals surface area contributed by atoms with E-state index in [-0.39, 0.29) is 5.82 Å². The molecule has 6 rings (SSSR count). The summed E-state index contributed by atoms with van der Waals surface area (Å²) < 4.78 is 27.4. The number of benzene rings is 3. The lowest BCUT2D eigenvalue weighted by molar-refractivity contribution is 0.466. The minimum absolute atomic E-state index is 0.300. The van der Waals surface area contributed by atoms with Crippen LogP contribution in [-0.4, -0.2) is 14.5 Å². The van der Waals surface area contributed by atoms with E-state index in [1.807, 2.05) is 31.3 Å². The number of aryl methyl sites for hydroxylation is 1. The predicted molar refractivity (Wildman–Crippen MR) is 137 cm³/mol. The summed E-state index contributed by atoms with van der Waals surface area (Å²) in [5, 5.41) is 2.05. The van der Waals surface area contributed by atoms with Crippen LogP contribution in [0.5, 0.6) is 11.6 Å². The number of aromatic nitrogens is 3. The highest BCUT2D eigenvalue weighted by molar-refractivity contribution is 6.30. The zero-order chi connectivity index (χ0) is 24.8. The molecular weight excluding hydrogens is 481 g/mol. The molecule has 176 valence electrons. The van der Waals surface area contributed by atoms with Gasteiger partial charge in [0, 0.05) is 40.0 Å². The summed E-state index contributed by atoms with van der Waals surface area (Å²) in [6, 6.07) is 20.3. The first-order valence-electron chi connectivity index (χ1n) is 11.1. The molecular formula is C28H17ClFN3O3. The van der Waals surface area contributed by atoms with Crippen LogP contribution in [0.4, 0.5) is 4.39 Å². The zero-order valence-electron chi connectivity index (χ0n) is 18.9. The van der Waals surface area contributed by atoms with Crippen molar-refractivity contribution in [2.75, 3.05) is 0 Å². The summed E-state index contributed by atoms with van der Waals surface area (Å²) in [7, 11) is 0. The number of halogens is 2. The highest BCUT2D eigenvalue weighted by atomic mass is 35.5. The van der Waals surface area contributed by atoms with Crippen molar-refractivity contribution in [1.29, 1.82) is 0 Å². The SMILES string of the molecule is Cc1cc(=O)oc2cc(Oc3ncnc4c3c(-c3ccc(Cl)cc3)cn4-c3cccc(F)c3)ccc12. The van der Waals surface area contributed by atoms with E-state index in [1.165, 1.54) is 24.5 Å². The number of ether oxygens (including phenoxy) is 1. The van der Waals surface area contributed by atoms with Crippen molar-refractivity contribution in [3.63, 3.8) is 0 Å². The van der Waals surface area contributed by atoms with Crippen molar-refractivity contribution in [2.24, 2.45) is 0 Å². The third-order valence-electron chi connectivity index (χ3n) is 5.93. The fourth-order valence-corrected chi connectivity index (χ4v) is 4.39. The molecule has 3 heterocycles. The van der Waals surface area contributed by atoms with E-state index in [0.29, 0.717) is 39.0 Å². The molecule has 0 N–H and O–H groups in total. The lowest BCUT2D eigenvalue weighted by Gasteiger charge is -2.09. The summed E-state index contributed by atoms with van der Waals surface area (Å²) in [6.07, 6.45) is 3.26. The van der Waals surface area contributed by atoms with Crippen LogP contribution in [0, 0.1) is 12.7 Å². The van der Waals surface area contributed by atoms with Crippen LogP contribution < -0.4 is 10.4 Å². The van der Waals surface area contributed by atoms with Gasteiger partial charge in [0.15, 0.2) is 5.65 Å². The van der Waals surface area contributed by atoms with Gasteiger partial charge in [0.1, 0.15) is 23.5 Å². The summed E-state index contributed by atoms with van der Waals surface area (Å²) in [6.45, 7) is 1.85. The van der Waals surface area contributed by atoms with Gasteiger partial charge in [-0.1, -0.05) is 29.8 Å². The second-order valence-electron chi connectivity index (χ2n) is 8.29. The molecule has 0 bridgehead atoms. The molecule has 0 unspecified atom stereocenters. The fourth-order valence-electron chi connectivity index (χ4n) is 4.26. The lowest BCUT2D eigenvalue weighted by Crippen LogP contribution is -1.98. The molecule has 0 fully saturated rings. The van der Waals surface area contributed by atoms with Crippen molar-refractivity contribution in [3.05, 3.63) is 112 Å². The molecule has 0 aliphatic carbocycles. The van der Waals surface area contributed by atoms with Crippen molar-refractivity contribution in [3.8, 4) is 28.4 Å². The van der Waals surface area contributed by atoms with Crippen LogP contribution in [0.2, 0.25) is 5.02 Å². The van der Waals surface area contributed by atoms with Gasteiger partial charge in [-0.3, -0.25) is 0 Å². The Morgan fingerprint density at radius 2 is 1.83 bits per heavy atom. The molecule has 6 nitrogen and oxygen atoms in total. The van der Waals surface area contributed by atoms with E-state index < -0.39 is 5.63 Å². The molecule has 0 aliphatic rings. The summed E-state index contributed by atoms with van der Waals surface area (Å²) >= 11 is 6.12. The molecule has 0 saturated heterocycles. The fraction of sp³-hybridized carbons (Fsp3) is 0.0357. The van der Waals surface area contributed by atoms with E-state index in [1.54, 1.807) is 41.0 Å². The number of rotatable bonds is 4. The van der Waals surface area contributed by atoms with E-state index in [2.05, 4.69) is 9.97 Å². The Bertz CT molecular complexity index is 1830. The minimum atomic E-state index is -0.432. The van der Waals surface area contributed by atoms with Gasteiger partial charge < -0.3 is 13.7 Å². The predicted octanol–water partition coefficient (Wildman–Crippen LogP) is 7.09. The van der Waals surface area contributed by atoms with Crippen LogP contribution >= 0.6 is 11.6 Å². The van der Waals surface area contributed by atoms with Crippen LogP contribution in [0.25, 0.3) is 38.8 Å². The highest BCUT2D eigenvalue weighted by Crippen LogP contribution is 2.38. The van der Waals surface area contributed by atoms with Crippen LogP contribution in [0.15, 0.2) is 94.5 Å². The van der Waals surface area contributed by atoms with Gasteiger partial charge in [-0.15, -0.1) is 0 Å². The second-order valence-corrected chi connectivity index (χ2v) is 8.72. The van der Waals surface area contributed by atoms with Gasteiger partial charge in [0.25, 0.3) is 0 Å². The Morgan fingerprint density at radius 3 is 2.64 bits per heavy atom. The topological polar surface area (TPSA) is 70.2 Å². The van der Waals surface area contributed by atoms with E-state index >= 15 is 0 Å². The van der Waals surface area contributed by atoms with Crippen LogP contribution in [0.1, 0.15) is 5.56 Å². The Morgan fingerprint density at radius 1 is 1.00 bits per heavy atom. The number of fused-ring (bicyclic) bond motifs is 2. The molecule has 0 aliphatic heterocycles. The summed E-state index contributed by atoms with van der Waals surface area (Å²) in [5.74, 6) is 0.382. The van der Waals surface area contributed by atoms with E-state index in [4.69, 9.17) is 20.8 Å². The second kappa shape index (κ2) is 8.62. The van der Waals surface area contributed by atoms with E-state index in [9.17, 15) is 9.18 Å². The quantitative estimate of drug-likeness (QED) is 0.243. The standard InChI is InChI=1S/C28H17ClFN3O3/c1-16-11-25(34)36-24-13-21(9-10-22(16)24)35-28-26-23(17-5-7-18(29)8-6-17)14-33(27(26)31-15-32-28)20-4-2-3-19(30)12-20/h2-15H,1H3. The van der Waals surface area contributed by atoms with Gasteiger partial charge >= 0.3 is 5.63 Å². The van der Waals surface area contributed by atoms with Crippen LogP contribution in [-0.2, 0) is 0 Å². The van der Waals surface area contributed by atoms with Gasteiger partial charge in [0.2, 0.25) is 5.88 Å². The first-order chi connectivity index (χ1) is 17.5. The molecule has 0 saturated carbocycles. The average molecular weight is 498 g/mol. The lowest BCUT2D eigenvalue weighted by atomic mass is 10.1. The van der Waals surface area contributed by atoms with Gasteiger partial charge in [0.05, 0.1) is 5.39 Å². The smallest absolute Gasteiger partial charge is 0.336 e. The summed E-state index contributed by atoms with van der Waals surface area (Å²) in [4.78, 5) is 20.8. The highest BCUT2D eigenvalue weighted by Gasteiger charge is 2.19. The van der Waals surface area contributed by atoms with Crippen LogP contribution in [0.3, 0.4) is 0 Å². The monoisotopic (exact) mass is 497 g/mol. The Kier molecular flexibility index (Phi) is 5.27. The first kappa shape index (κ1) is 22.0. The number of hydrogen-bond acceptors (Lipinski definition) is 5. The van der Waals surface area contributed by atoms with E-state index in [0.717, 1.165) is 22.1 Å². The molecule has 6 aromatic rings. The minimum Gasteiger partial charge on any atom is -0.438 e.